The molecule has 0 saturated carbocycles. The zero-order chi connectivity index (χ0) is 15.6. The third-order valence-corrected chi connectivity index (χ3v) is 4.40. The molecule has 1 amide bonds. The van der Waals surface area contributed by atoms with Gasteiger partial charge < -0.3 is 5.32 Å². The largest absolute Gasteiger partial charge is 0.347 e. The Morgan fingerprint density at radius 2 is 1.90 bits per heavy atom. The number of hydrogen-bond donors (Lipinski definition) is 2. The first-order valence-corrected chi connectivity index (χ1v) is 7.82. The second kappa shape index (κ2) is 5.88. The molecule has 0 heterocycles. The third kappa shape index (κ3) is 3.77. The molecule has 20 heavy (non-hydrogen) atoms. The van der Waals surface area contributed by atoms with Crippen molar-refractivity contribution in [2.24, 2.45) is 5.14 Å². The van der Waals surface area contributed by atoms with E-state index in [1.54, 1.807) is 0 Å². The van der Waals surface area contributed by atoms with Gasteiger partial charge in [0.1, 0.15) is 5.82 Å². The van der Waals surface area contributed by atoms with E-state index >= 15 is 0 Å². The Balaban J connectivity index is 3.17. The van der Waals surface area contributed by atoms with Gasteiger partial charge in [-0.25, -0.2) is 17.9 Å². The average molecular weight is 302 g/mol. The number of halogens is 1. The second-order valence-electron chi connectivity index (χ2n) is 4.91. The molecule has 112 valence electrons. The highest BCUT2D eigenvalue weighted by atomic mass is 32.2. The number of nitrogens with one attached hydrogen (secondary N) is 1. The van der Waals surface area contributed by atoms with E-state index in [2.05, 4.69) is 5.32 Å². The van der Waals surface area contributed by atoms with E-state index in [1.165, 1.54) is 0 Å². The summed E-state index contributed by atoms with van der Waals surface area (Å²) in [5, 5.41) is 7.69. The van der Waals surface area contributed by atoms with Crippen molar-refractivity contribution in [1.29, 1.82) is 0 Å². The normalized spacial score (nSPS) is 12.2. The zero-order valence-electron chi connectivity index (χ0n) is 11.7. The highest BCUT2D eigenvalue weighted by Gasteiger charge is 2.25. The van der Waals surface area contributed by atoms with E-state index in [0.717, 1.165) is 18.2 Å². The van der Waals surface area contributed by atoms with Crippen molar-refractivity contribution < 1.29 is 17.6 Å². The maximum atomic E-state index is 13.7. The molecular formula is C13H19FN2O3S. The summed E-state index contributed by atoms with van der Waals surface area (Å²) in [6.07, 6.45) is 1.34. The van der Waals surface area contributed by atoms with Gasteiger partial charge in [0.2, 0.25) is 10.0 Å². The van der Waals surface area contributed by atoms with Crippen LogP contribution in [0.5, 0.6) is 0 Å². The summed E-state index contributed by atoms with van der Waals surface area (Å²) < 4.78 is 36.2. The van der Waals surface area contributed by atoms with Crippen molar-refractivity contribution in [1.82, 2.24) is 5.32 Å². The van der Waals surface area contributed by atoms with Crippen molar-refractivity contribution >= 4 is 15.9 Å². The molecule has 0 saturated heterocycles. The number of carbonyl (C=O) groups excluding carboxylic acids is 1. The van der Waals surface area contributed by atoms with Gasteiger partial charge in [-0.05, 0) is 38.0 Å². The van der Waals surface area contributed by atoms with Crippen LogP contribution in [0.3, 0.4) is 0 Å². The monoisotopic (exact) mass is 302 g/mol. The van der Waals surface area contributed by atoms with E-state index in [1.807, 2.05) is 20.8 Å². The summed E-state index contributed by atoms with van der Waals surface area (Å²) in [4.78, 5) is 11.8. The fourth-order valence-electron chi connectivity index (χ4n) is 1.62. The minimum atomic E-state index is -3.98. The fourth-order valence-corrected chi connectivity index (χ4v) is 2.16. The highest BCUT2D eigenvalue weighted by molar-refractivity contribution is 7.89. The van der Waals surface area contributed by atoms with Crippen LogP contribution in [-0.2, 0) is 10.0 Å². The number of sulfonamides is 1. The topological polar surface area (TPSA) is 89.3 Å². The smallest absolute Gasteiger partial charge is 0.254 e. The Morgan fingerprint density at radius 1 is 1.35 bits per heavy atom. The highest BCUT2D eigenvalue weighted by Crippen LogP contribution is 2.18. The van der Waals surface area contributed by atoms with E-state index < -0.39 is 27.3 Å². The summed E-state index contributed by atoms with van der Waals surface area (Å²) >= 11 is 0. The first kappa shape index (κ1) is 16.6. The zero-order valence-corrected chi connectivity index (χ0v) is 12.6. The van der Waals surface area contributed by atoms with Gasteiger partial charge in [-0.2, -0.15) is 0 Å². The van der Waals surface area contributed by atoms with E-state index in [-0.39, 0.29) is 10.5 Å². The lowest BCUT2D eigenvalue weighted by molar-refractivity contribution is 0.0896. The molecule has 0 unspecified atom stereocenters. The Hall–Kier alpha value is -1.47. The summed E-state index contributed by atoms with van der Waals surface area (Å²) in [7, 11) is -3.98. The molecule has 0 aliphatic carbocycles. The molecule has 0 spiro atoms. The quantitative estimate of drug-likeness (QED) is 0.869. The molecule has 0 aromatic heterocycles. The van der Waals surface area contributed by atoms with Crippen molar-refractivity contribution in [3.8, 4) is 0 Å². The first-order valence-electron chi connectivity index (χ1n) is 6.28. The molecule has 7 heteroatoms. The minimum Gasteiger partial charge on any atom is -0.347 e. The molecule has 0 bridgehead atoms. The third-order valence-electron chi connectivity index (χ3n) is 3.49. The lowest BCUT2D eigenvalue weighted by Gasteiger charge is -2.28. The summed E-state index contributed by atoms with van der Waals surface area (Å²) in [6, 6.07) is 2.90. The number of primary sulfonamides is 1. The number of hydrogen-bond acceptors (Lipinski definition) is 3. The molecule has 0 atom stereocenters. The Kier molecular flexibility index (Phi) is 4.88. The van der Waals surface area contributed by atoms with Gasteiger partial charge in [-0.3, -0.25) is 4.79 Å². The van der Waals surface area contributed by atoms with Crippen LogP contribution in [0.25, 0.3) is 0 Å². The molecule has 1 rings (SSSR count). The summed E-state index contributed by atoms with van der Waals surface area (Å²) in [6.45, 7) is 5.65. The van der Waals surface area contributed by atoms with Gasteiger partial charge in [-0.15, -0.1) is 0 Å². The summed E-state index contributed by atoms with van der Waals surface area (Å²) in [5.74, 6) is -1.44. The molecule has 0 radical (unpaired) electrons. The molecule has 0 aliphatic heterocycles. The average Bonchev–Trinajstić information content (AvgIpc) is 2.37. The lowest BCUT2D eigenvalue weighted by Crippen LogP contribution is -2.45. The number of carbonyl (C=O) groups is 1. The molecule has 3 N–H and O–H groups in total. The van der Waals surface area contributed by atoms with Gasteiger partial charge in [0, 0.05) is 5.54 Å². The van der Waals surface area contributed by atoms with Crippen molar-refractivity contribution in [3.63, 3.8) is 0 Å². The Bertz CT molecular complexity index is 610. The maximum Gasteiger partial charge on any atom is 0.254 e. The van der Waals surface area contributed by atoms with Crippen LogP contribution in [0, 0.1) is 5.82 Å². The standard InChI is InChI=1S/C13H19FN2O3S/c1-4-13(3,5-2)16-12(17)10-8-9(20(15,18)19)6-7-11(10)14/h6-8H,4-5H2,1-3H3,(H,16,17)(H2,15,18,19). The second-order valence-corrected chi connectivity index (χ2v) is 6.47. The molecule has 1 aromatic carbocycles. The van der Waals surface area contributed by atoms with Crippen LogP contribution in [0.4, 0.5) is 4.39 Å². The molecule has 0 fully saturated rings. The number of benzene rings is 1. The minimum absolute atomic E-state index is 0.293. The van der Waals surface area contributed by atoms with Gasteiger partial charge in [0.15, 0.2) is 0 Å². The van der Waals surface area contributed by atoms with Crippen LogP contribution in [0.15, 0.2) is 23.1 Å². The van der Waals surface area contributed by atoms with Crippen molar-refractivity contribution in [2.75, 3.05) is 0 Å². The van der Waals surface area contributed by atoms with E-state index in [4.69, 9.17) is 5.14 Å². The van der Waals surface area contributed by atoms with Crippen LogP contribution < -0.4 is 10.5 Å². The van der Waals surface area contributed by atoms with Crippen LogP contribution >= 0.6 is 0 Å². The Labute approximate surface area is 118 Å². The van der Waals surface area contributed by atoms with Crippen LogP contribution in [0.2, 0.25) is 0 Å². The maximum absolute atomic E-state index is 13.7. The number of amides is 1. The van der Waals surface area contributed by atoms with Gasteiger partial charge in [0.25, 0.3) is 5.91 Å². The molecule has 0 aliphatic rings. The van der Waals surface area contributed by atoms with Crippen molar-refractivity contribution in [3.05, 3.63) is 29.6 Å². The fraction of sp³-hybridized carbons (Fsp3) is 0.462. The molecule has 5 nitrogen and oxygen atoms in total. The van der Waals surface area contributed by atoms with Gasteiger partial charge in [0.05, 0.1) is 10.5 Å². The molecule has 1 aromatic rings. The predicted octanol–water partition coefficient (Wildman–Crippen LogP) is 1.78. The number of nitrogens with two attached hydrogens (primary N) is 1. The van der Waals surface area contributed by atoms with Crippen LogP contribution in [-0.4, -0.2) is 19.9 Å². The first-order chi connectivity index (χ1) is 9.13. The predicted molar refractivity (Wildman–Crippen MR) is 74.2 cm³/mol. The molecular weight excluding hydrogens is 283 g/mol. The van der Waals surface area contributed by atoms with Crippen molar-refractivity contribution in [2.45, 2.75) is 44.0 Å². The van der Waals surface area contributed by atoms with Gasteiger partial charge >= 0.3 is 0 Å². The van der Waals surface area contributed by atoms with E-state index in [0.29, 0.717) is 12.8 Å². The van der Waals surface area contributed by atoms with E-state index in [9.17, 15) is 17.6 Å². The van der Waals surface area contributed by atoms with Gasteiger partial charge in [-0.1, -0.05) is 13.8 Å². The number of rotatable bonds is 5. The van der Waals surface area contributed by atoms with Crippen LogP contribution in [0.1, 0.15) is 44.0 Å². The Morgan fingerprint density at radius 3 is 2.35 bits per heavy atom. The SMILES string of the molecule is CCC(C)(CC)NC(=O)c1cc(S(N)(=O)=O)ccc1F. The summed E-state index contributed by atoms with van der Waals surface area (Å²) in [5.41, 5.74) is -0.800. The lowest BCUT2D eigenvalue weighted by atomic mass is 9.95.